The molecule has 1 aromatic heterocycles. The molecule has 4 rings (SSSR count). The number of hydrogen-bond donors (Lipinski definition) is 0. The van der Waals surface area contributed by atoms with Crippen LogP contribution in [0.3, 0.4) is 0 Å². The van der Waals surface area contributed by atoms with Gasteiger partial charge in [0.15, 0.2) is 0 Å². The van der Waals surface area contributed by atoms with Gasteiger partial charge in [0.25, 0.3) is 5.91 Å². The molecule has 0 aliphatic carbocycles. The molecule has 0 saturated carbocycles. The molecule has 1 aromatic carbocycles. The number of amides is 1. The van der Waals surface area contributed by atoms with E-state index in [2.05, 4.69) is 55.7 Å². The van der Waals surface area contributed by atoms with Crippen LogP contribution in [0.4, 0.5) is 0 Å². The fourth-order valence-electron chi connectivity index (χ4n) is 4.60. The molecule has 0 unspecified atom stereocenters. The van der Waals surface area contributed by atoms with E-state index in [9.17, 15) is 4.79 Å². The Balaban J connectivity index is 1.49. The molecule has 4 heteroatoms. The SMILES string of the molecule is C=Cc1cc(-c2ccc(C3CCN(C(C)C)CC3)cc2)sc1C(=O)N1CCCC1. The first-order valence-corrected chi connectivity index (χ1v) is 11.8. The highest BCUT2D eigenvalue weighted by Gasteiger charge is 2.24. The minimum absolute atomic E-state index is 0.169. The van der Waals surface area contributed by atoms with Gasteiger partial charge in [-0.1, -0.05) is 36.9 Å². The molecule has 3 nitrogen and oxygen atoms in total. The van der Waals surface area contributed by atoms with Crippen LogP contribution in [0.1, 0.15) is 66.2 Å². The van der Waals surface area contributed by atoms with Gasteiger partial charge >= 0.3 is 0 Å². The average molecular weight is 409 g/mol. The van der Waals surface area contributed by atoms with Crippen molar-refractivity contribution in [2.75, 3.05) is 26.2 Å². The number of piperidine rings is 1. The largest absolute Gasteiger partial charge is 0.338 e. The number of nitrogens with zero attached hydrogens (tertiary/aromatic N) is 2. The van der Waals surface area contributed by atoms with Gasteiger partial charge in [0.05, 0.1) is 4.88 Å². The van der Waals surface area contributed by atoms with Crippen LogP contribution in [0, 0.1) is 0 Å². The smallest absolute Gasteiger partial charge is 0.264 e. The second kappa shape index (κ2) is 8.85. The maximum atomic E-state index is 12.9. The van der Waals surface area contributed by atoms with E-state index in [1.54, 1.807) is 11.3 Å². The van der Waals surface area contributed by atoms with Gasteiger partial charge in [0.2, 0.25) is 0 Å². The van der Waals surface area contributed by atoms with Crippen molar-refractivity contribution >= 4 is 23.3 Å². The Labute approximate surface area is 179 Å². The first-order valence-electron chi connectivity index (χ1n) is 11.0. The summed E-state index contributed by atoms with van der Waals surface area (Å²) < 4.78 is 0. The van der Waals surface area contributed by atoms with Crippen molar-refractivity contribution in [3.05, 3.63) is 52.9 Å². The summed E-state index contributed by atoms with van der Waals surface area (Å²) in [7, 11) is 0. The first-order chi connectivity index (χ1) is 14.1. The number of benzene rings is 1. The van der Waals surface area contributed by atoms with E-state index in [1.807, 2.05) is 11.0 Å². The summed E-state index contributed by atoms with van der Waals surface area (Å²) in [6.07, 6.45) is 6.54. The van der Waals surface area contributed by atoms with Gasteiger partial charge in [-0.3, -0.25) is 4.79 Å². The number of thiophene rings is 1. The molecule has 3 heterocycles. The standard InChI is InChI=1S/C25H32N2OS/c1-4-19-17-23(29-24(19)25(28)27-13-5-6-14-27)22-9-7-20(8-10-22)21-11-15-26(16-12-21)18(2)3/h4,7-10,17-18,21H,1,5-6,11-16H2,2-3H3. The second-order valence-corrected chi connectivity index (χ2v) is 9.68. The molecule has 2 aromatic rings. The lowest BCUT2D eigenvalue weighted by Crippen LogP contribution is -2.37. The van der Waals surface area contributed by atoms with Crippen LogP contribution < -0.4 is 0 Å². The van der Waals surface area contributed by atoms with Gasteiger partial charge in [-0.25, -0.2) is 0 Å². The zero-order valence-corrected chi connectivity index (χ0v) is 18.5. The summed E-state index contributed by atoms with van der Waals surface area (Å²) in [5.74, 6) is 0.834. The van der Waals surface area contributed by atoms with E-state index in [0.29, 0.717) is 12.0 Å². The lowest BCUT2D eigenvalue weighted by atomic mass is 9.88. The number of carbonyl (C=O) groups excluding carboxylic acids is 1. The third-order valence-electron chi connectivity index (χ3n) is 6.49. The Kier molecular flexibility index (Phi) is 6.21. The van der Waals surface area contributed by atoms with Gasteiger partial charge < -0.3 is 9.80 Å². The highest BCUT2D eigenvalue weighted by atomic mass is 32.1. The molecule has 0 atom stereocenters. The van der Waals surface area contributed by atoms with E-state index in [-0.39, 0.29) is 5.91 Å². The molecule has 0 radical (unpaired) electrons. The highest BCUT2D eigenvalue weighted by Crippen LogP contribution is 2.35. The third-order valence-corrected chi connectivity index (χ3v) is 7.68. The predicted octanol–water partition coefficient (Wildman–Crippen LogP) is 5.88. The predicted molar refractivity (Wildman–Crippen MR) is 124 cm³/mol. The Morgan fingerprint density at radius 1 is 1.10 bits per heavy atom. The van der Waals surface area contributed by atoms with Gasteiger partial charge in [-0.05, 0) is 81.3 Å². The molecule has 0 spiro atoms. The van der Waals surface area contributed by atoms with Gasteiger partial charge in [-0.2, -0.15) is 0 Å². The fraction of sp³-hybridized carbons (Fsp3) is 0.480. The van der Waals surface area contributed by atoms with Gasteiger partial charge in [0.1, 0.15) is 0 Å². The van der Waals surface area contributed by atoms with Crippen LogP contribution >= 0.6 is 11.3 Å². The second-order valence-electron chi connectivity index (χ2n) is 8.62. The average Bonchev–Trinajstić information content (AvgIpc) is 3.43. The summed E-state index contributed by atoms with van der Waals surface area (Å²) in [6, 6.07) is 11.8. The Morgan fingerprint density at radius 3 is 2.34 bits per heavy atom. The molecule has 0 N–H and O–H groups in total. The number of carbonyl (C=O) groups is 1. The van der Waals surface area contributed by atoms with E-state index >= 15 is 0 Å². The van der Waals surface area contributed by atoms with E-state index in [1.165, 1.54) is 37.1 Å². The Morgan fingerprint density at radius 2 is 1.76 bits per heavy atom. The zero-order valence-electron chi connectivity index (χ0n) is 17.7. The fourth-order valence-corrected chi connectivity index (χ4v) is 5.73. The van der Waals surface area contributed by atoms with Crippen molar-refractivity contribution in [3.63, 3.8) is 0 Å². The summed E-state index contributed by atoms with van der Waals surface area (Å²) in [6.45, 7) is 12.7. The molecule has 29 heavy (non-hydrogen) atoms. The quantitative estimate of drug-likeness (QED) is 0.616. The normalized spacial score (nSPS) is 18.5. The number of hydrogen-bond acceptors (Lipinski definition) is 3. The topological polar surface area (TPSA) is 23.6 Å². The summed E-state index contributed by atoms with van der Waals surface area (Å²) in [5.41, 5.74) is 3.61. The Hall–Kier alpha value is -1.91. The van der Waals surface area contributed by atoms with Crippen molar-refractivity contribution < 1.29 is 4.79 Å². The van der Waals surface area contributed by atoms with Crippen LogP contribution in [-0.4, -0.2) is 47.9 Å². The van der Waals surface area contributed by atoms with Crippen molar-refractivity contribution in [2.24, 2.45) is 0 Å². The molecule has 2 aliphatic rings. The zero-order chi connectivity index (χ0) is 20.4. The van der Waals surface area contributed by atoms with Crippen LogP contribution in [0.2, 0.25) is 0 Å². The molecular formula is C25H32N2OS. The summed E-state index contributed by atoms with van der Waals surface area (Å²) in [4.78, 5) is 19.4. The van der Waals surface area contributed by atoms with E-state index in [0.717, 1.165) is 41.2 Å². The molecule has 2 fully saturated rings. The molecule has 1 amide bonds. The Bertz CT molecular complexity index is 853. The van der Waals surface area contributed by atoms with Crippen molar-refractivity contribution in [3.8, 4) is 10.4 Å². The first kappa shape index (κ1) is 20.4. The lowest BCUT2D eigenvalue weighted by Gasteiger charge is -2.34. The minimum atomic E-state index is 0.169. The number of rotatable bonds is 5. The monoisotopic (exact) mass is 408 g/mol. The maximum Gasteiger partial charge on any atom is 0.264 e. The lowest BCUT2D eigenvalue weighted by molar-refractivity contribution is 0.0797. The van der Waals surface area contributed by atoms with Crippen LogP contribution in [0.25, 0.3) is 16.5 Å². The van der Waals surface area contributed by atoms with Crippen LogP contribution in [0.15, 0.2) is 36.9 Å². The van der Waals surface area contributed by atoms with E-state index in [4.69, 9.17) is 0 Å². The summed E-state index contributed by atoms with van der Waals surface area (Å²) >= 11 is 1.61. The molecule has 2 aliphatic heterocycles. The third kappa shape index (κ3) is 4.34. The number of likely N-dealkylation sites (tertiary alicyclic amines) is 2. The summed E-state index contributed by atoms with van der Waals surface area (Å²) in [5, 5.41) is 0. The molecule has 154 valence electrons. The van der Waals surface area contributed by atoms with Crippen LogP contribution in [-0.2, 0) is 0 Å². The molecule has 0 bridgehead atoms. The van der Waals surface area contributed by atoms with Crippen molar-refractivity contribution in [1.29, 1.82) is 0 Å². The van der Waals surface area contributed by atoms with Gasteiger partial charge in [-0.15, -0.1) is 11.3 Å². The molecular weight excluding hydrogens is 376 g/mol. The van der Waals surface area contributed by atoms with Crippen molar-refractivity contribution in [2.45, 2.75) is 51.5 Å². The minimum Gasteiger partial charge on any atom is -0.338 e. The van der Waals surface area contributed by atoms with E-state index < -0.39 is 0 Å². The highest BCUT2D eigenvalue weighted by molar-refractivity contribution is 7.17. The van der Waals surface area contributed by atoms with Crippen LogP contribution in [0.5, 0.6) is 0 Å². The van der Waals surface area contributed by atoms with Gasteiger partial charge in [0, 0.05) is 24.0 Å². The van der Waals surface area contributed by atoms with Crippen molar-refractivity contribution in [1.82, 2.24) is 9.80 Å². The molecule has 2 saturated heterocycles. The maximum absolute atomic E-state index is 12.9.